The molecule has 0 unspecified atom stereocenters. The van der Waals surface area contributed by atoms with Gasteiger partial charge < -0.3 is 10.1 Å². The standard InChI is InChI=1S/C16H12F2N4O2/c17-11-1-6-15(14(18)7-11)24-8-16(23)21-12-2-4-13(5-3-12)22-10-19-9-20-22/h1-7,9-10H,8H2,(H,21,23). The number of halogens is 2. The molecule has 1 aromatic heterocycles. The Kier molecular flexibility index (Phi) is 4.46. The van der Waals surface area contributed by atoms with E-state index >= 15 is 0 Å². The van der Waals surface area contributed by atoms with Gasteiger partial charge in [0.1, 0.15) is 18.5 Å². The number of rotatable bonds is 5. The summed E-state index contributed by atoms with van der Waals surface area (Å²) in [6, 6.07) is 9.76. The van der Waals surface area contributed by atoms with Gasteiger partial charge in [-0.1, -0.05) is 0 Å². The van der Waals surface area contributed by atoms with Crippen LogP contribution in [0, 0.1) is 11.6 Å². The van der Waals surface area contributed by atoms with Crippen molar-refractivity contribution in [3.63, 3.8) is 0 Å². The van der Waals surface area contributed by atoms with Gasteiger partial charge in [-0.15, -0.1) is 0 Å². The highest BCUT2D eigenvalue weighted by Gasteiger charge is 2.08. The molecule has 2 aromatic carbocycles. The van der Waals surface area contributed by atoms with Crippen LogP contribution in [0.5, 0.6) is 5.75 Å². The molecule has 6 nitrogen and oxygen atoms in total. The van der Waals surface area contributed by atoms with Crippen LogP contribution in [0.1, 0.15) is 0 Å². The van der Waals surface area contributed by atoms with Crippen LogP contribution in [-0.2, 0) is 4.79 Å². The predicted octanol–water partition coefficient (Wildman–Crippen LogP) is 2.56. The van der Waals surface area contributed by atoms with Gasteiger partial charge in [0.25, 0.3) is 5.91 Å². The third kappa shape index (κ3) is 3.72. The number of hydrogen-bond acceptors (Lipinski definition) is 4. The molecule has 0 aliphatic rings. The quantitative estimate of drug-likeness (QED) is 0.781. The summed E-state index contributed by atoms with van der Waals surface area (Å²) >= 11 is 0. The minimum absolute atomic E-state index is 0.187. The first-order valence-corrected chi connectivity index (χ1v) is 6.94. The van der Waals surface area contributed by atoms with Gasteiger partial charge >= 0.3 is 0 Å². The summed E-state index contributed by atoms with van der Waals surface area (Å²) in [4.78, 5) is 15.7. The molecular formula is C16H12F2N4O2. The molecule has 8 heteroatoms. The van der Waals surface area contributed by atoms with Crippen LogP contribution < -0.4 is 10.1 Å². The molecule has 0 bridgehead atoms. The molecule has 1 amide bonds. The Labute approximate surface area is 135 Å². The van der Waals surface area contributed by atoms with Gasteiger partial charge in [-0.05, 0) is 36.4 Å². The number of benzene rings is 2. The summed E-state index contributed by atoms with van der Waals surface area (Å²) in [5.41, 5.74) is 1.34. The van der Waals surface area contributed by atoms with Gasteiger partial charge in [-0.3, -0.25) is 4.79 Å². The highest BCUT2D eigenvalue weighted by atomic mass is 19.1. The lowest BCUT2D eigenvalue weighted by atomic mass is 10.3. The zero-order valence-corrected chi connectivity index (χ0v) is 12.3. The minimum Gasteiger partial charge on any atom is -0.481 e. The van der Waals surface area contributed by atoms with Crippen LogP contribution >= 0.6 is 0 Å². The molecule has 0 saturated carbocycles. The number of ether oxygens (including phenoxy) is 1. The number of carbonyl (C=O) groups excluding carboxylic acids is 1. The van der Waals surface area contributed by atoms with Gasteiger partial charge in [-0.2, -0.15) is 5.10 Å². The molecule has 0 saturated heterocycles. The van der Waals surface area contributed by atoms with Crippen LogP contribution in [0.3, 0.4) is 0 Å². The van der Waals surface area contributed by atoms with E-state index in [0.29, 0.717) is 11.8 Å². The maximum atomic E-state index is 13.4. The molecule has 0 aliphatic carbocycles. The zero-order chi connectivity index (χ0) is 16.9. The lowest BCUT2D eigenvalue weighted by molar-refractivity contribution is -0.118. The molecular weight excluding hydrogens is 318 g/mol. The second-order valence-corrected chi connectivity index (χ2v) is 4.80. The molecule has 0 fully saturated rings. The average Bonchev–Trinajstić information content (AvgIpc) is 3.09. The Morgan fingerprint density at radius 2 is 1.96 bits per heavy atom. The molecule has 0 spiro atoms. The molecule has 0 atom stereocenters. The van der Waals surface area contributed by atoms with Crippen molar-refractivity contribution < 1.29 is 18.3 Å². The van der Waals surface area contributed by atoms with E-state index < -0.39 is 24.1 Å². The molecule has 3 aromatic rings. The van der Waals surface area contributed by atoms with Crippen molar-refractivity contribution in [1.82, 2.24) is 14.8 Å². The summed E-state index contributed by atoms with van der Waals surface area (Å²) in [7, 11) is 0. The third-order valence-electron chi connectivity index (χ3n) is 3.09. The van der Waals surface area contributed by atoms with Crippen LogP contribution in [0.4, 0.5) is 14.5 Å². The minimum atomic E-state index is -0.861. The Hall–Kier alpha value is -3.29. The van der Waals surface area contributed by atoms with Crippen molar-refractivity contribution in [2.75, 3.05) is 11.9 Å². The van der Waals surface area contributed by atoms with E-state index in [1.165, 1.54) is 6.33 Å². The van der Waals surface area contributed by atoms with Crippen molar-refractivity contribution in [1.29, 1.82) is 0 Å². The average molecular weight is 330 g/mol. The van der Waals surface area contributed by atoms with Gasteiger partial charge in [0.05, 0.1) is 5.69 Å². The van der Waals surface area contributed by atoms with Gasteiger partial charge in [0, 0.05) is 11.8 Å². The first-order chi connectivity index (χ1) is 11.6. The summed E-state index contributed by atoms with van der Waals surface area (Å²) in [6.45, 7) is -0.395. The summed E-state index contributed by atoms with van der Waals surface area (Å²) in [5, 5.41) is 6.60. The lowest BCUT2D eigenvalue weighted by Gasteiger charge is -2.09. The van der Waals surface area contributed by atoms with Crippen molar-refractivity contribution in [2.24, 2.45) is 0 Å². The number of carbonyl (C=O) groups is 1. The molecule has 24 heavy (non-hydrogen) atoms. The first-order valence-electron chi connectivity index (χ1n) is 6.94. The SMILES string of the molecule is O=C(COc1ccc(F)cc1F)Nc1ccc(-n2cncn2)cc1. The fraction of sp³-hybridized carbons (Fsp3) is 0.0625. The van der Waals surface area contributed by atoms with Crippen molar-refractivity contribution in [2.45, 2.75) is 0 Å². The molecule has 3 rings (SSSR count). The van der Waals surface area contributed by atoms with E-state index in [1.54, 1.807) is 35.3 Å². The van der Waals surface area contributed by atoms with Gasteiger partial charge in [0.15, 0.2) is 18.2 Å². The van der Waals surface area contributed by atoms with Crippen LogP contribution in [0.25, 0.3) is 5.69 Å². The van der Waals surface area contributed by atoms with Gasteiger partial charge in [0.2, 0.25) is 0 Å². The van der Waals surface area contributed by atoms with Crippen molar-refractivity contribution in [3.8, 4) is 11.4 Å². The number of nitrogens with one attached hydrogen (secondary N) is 1. The van der Waals surface area contributed by atoms with E-state index in [4.69, 9.17) is 4.74 Å². The van der Waals surface area contributed by atoms with Crippen molar-refractivity contribution >= 4 is 11.6 Å². The molecule has 1 N–H and O–H groups in total. The fourth-order valence-corrected chi connectivity index (χ4v) is 1.97. The summed E-state index contributed by atoms with van der Waals surface area (Å²) in [5.74, 6) is -2.22. The van der Waals surface area contributed by atoms with E-state index in [2.05, 4.69) is 15.4 Å². The second kappa shape index (κ2) is 6.86. The maximum Gasteiger partial charge on any atom is 0.262 e. The summed E-state index contributed by atoms with van der Waals surface area (Å²) in [6.07, 6.45) is 2.97. The Morgan fingerprint density at radius 3 is 2.62 bits per heavy atom. The highest BCUT2D eigenvalue weighted by Crippen LogP contribution is 2.17. The highest BCUT2D eigenvalue weighted by molar-refractivity contribution is 5.91. The zero-order valence-electron chi connectivity index (χ0n) is 12.3. The number of anilines is 1. The molecule has 0 aliphatic heterocycles. The lowest BCUT2D eigenvalue weighted by Crippen LogP contribution is -2.20. The smallest absolute Gasteiger partial charge is 0.262 e. The Morgan fingerprint density at radius 1 is 1.17 bits per heavy atom. The van der Waals surface area contributed by atoms with Crippen LogP contribution in [-0.4, -0.2) is 27.3 Å². The number of amides is 1. The second-order valence-electron chi connectivity index (χ2n) is 4.80. The largest absolute Gasteiger partial charge is 0.481 e. The monoisotopic (exact) mass is 330 g/mol. The molecule has 0 radical (unpaired) electrons. The molecule has 1 heterocycles. The van der Waals surface area contributed by atoms with E-state index in [-0.39, 0.29) is 5.75 Å². The predicted molar refractivity (Wildman–Crippen MR) is 81.8 cm³/mol. The maximum absolute atomic E-state index is 13.4. The third-order valence-corrected chi connectivity index (χ3v) is 3.09. The topological polar surface area (TPSA) is 69.0 Å². The summed E-state index contributed by atoms with van der Waals surface area (Å²) < 4.78 is 32.8. The van der Waals surface area contributed by atoms with Crippen molar-refractivity contribution in [3.05, 3.63) is 66.8 Å². The van der Waals surface area contributed by atoms with E-state index in [0.717, 1.165) is 17.8 Å². The Balaban J connectivity index is 1.56. The number of hydrogen-bond donors (Lipinski definition) is 1. The van der Waals surface area contributed by atoms with E-state index in [1.807, 2.05) is 0 Å². The Bertz CT molecular complexity index is 836. The molecule has 122 valence electrons. The van der Waals surface area contributed by atoms with Crippen LogP contribution in [0.2, 0.25) is 0 Å². The van der Waals surface area contributed by atoms with Gasteiger partial charge in [-0.25, -0.2) is 18.4 Å². The first kappa shape index (κ1) is 15.6. The fourth-order valence-electron chi connectivity index (χ4n) is 1.97. The number of nitrogens with zero attached hydrogens (tertiary/aromatic N) is 3. The number of aromatic nitrogens is 3. The van der Waals surface area contributed by atoms with Crippen LogP contribution in [0.15, 0.2) is 55.1 Å². The van der Waals surface area contributed by atoms with E-state index in [9.17, 15) is 13.6 Å². The normalized spacial score (nSPS) is 10.4.